The highest BCUT2D eigenvalue weighted by Gasteiger charge is 2.66. The summed E-state index contributed by atoms with van der Waals surface area (Å²) in [5, 5.41) is 0.742. The first kappa shape index (κ1) is 13.4. The van der Waals surface area contributed by atoms with E-state index in [1.807, 2.05) is 24.3 Å². The fourth-order valence-corrected chi connectivity index (χ4v) is 3.77. The zero-order chi connectivity index (χ0) is 13.5. The predicted molar refractivity (Wildman–Crippen MR) is 74.4 cm³/mol. The molecule has 2 rings (SSSR count). The molecule has 3 heteroatoms. The molecule has 0 heterocycles. The van der Waals surface area contributed by atoms with E-state index < -0.39 is 0 Å². The standard InChI is InChI=1S/C15H20ClNO/c1-4-15(14(17)18)10(3)13(15)9(2)11-5-7-12(16)8-6-11/h5-10,13H,4H2,1-3H3,(H2,17,18)/t9-,10?,13?,15?/m1/s1. The Morgan fingerprint density at radius 2 is 2.00 bits per heavy atom. The van der Waals surface area contributed by atoms with E-state index in [0.717, 1.165) is 11.4 Å². The van der Waals surface area contributed by atoms with Gasteiger partial charge in [-0.15, -0.1) is 0 Å². The number of carbonyl (C=O) groups excluding carboxylic acids is 1. The number of amides is 1. The van der Waals surface area contributed by atoms with Crippen LogP contribution in [0.5, 0.6) is 0 Å². The minimum absolute atomic E-state index is 0.150. The van der Waals surface area contributed by atoms with Crippen LogP contribution in [0.25, 0.3) is 0 Å². The van der Waals surface area contributed by atoms with Crippen molar-refractivity contribution in [3.05, 3.63) is 34.9 Å². The average Bonchev–Trinajstić information content (AvgIpc) is 2.95. The molecule has 0 spiro atoms. The summed E-state index contributed by atoms with van der Waals surface area (Å²) in [6.45, 7) is 6.35. The largest absolute Gasteiger partial charge is 0.369 e. The lowest BCUT2D eigenvalue weighted by Gasteiger charge is -2.16. The second-order valence-electron chi connectivity index (χ2n) is 5.41. The molecule has 1 amide bonds. The van der Waals surface area contributed by atoms with Crippen molar-refractivity contribution in [2.45, 2.75) is 33.1 Å². The fraction of sp³-hybridized carbons (Fsp3) is 0.533. The van der Waals surface area contributed by atoms with Crippen molar-refractivity contribution in [3.63, 3.8) is 0 Å². The van der Waals surface area contributed by atoms with Gasteiger partial charge in [0.05, 0.1) is 5.41 Å². The van der Waals surface area contributed by atoms with Gasteiger partial charge in [-0.2, -0.15) is 0 Å². The number of rotatable bonds is 4. The van der Waals surface area contributed by atoms with Crippen LogP contribution >= 0.6 is 11.6 Å². The van der Waals surface area contributed by atoms with Crippen molar-refractivity contribution in [1.29, 1.82) is 0 Å². The Hall–Kier alpha value is -1.02. The van der Waals surface area contributed by atoms with Gasteiger partial charge in [0.2, 0.25) is 5.91 Å². The van der Waals surface area contributed by atoms with Gasteiger partial charge in [0.15, 0.2) is 0 Å². The minimum Gasteiger partial charge on any atom is -0.369 e. The summed E-state index contributed by atoms with van der Waals surface area (Å²) in [6.07, 6.45) is 0.825. The summed E-state index contributed by atoms with van der Waals surface area (Å²) >= 11 is 5.90. The van der Waals surface area contributed by atoms with Crippen LogP contribution in [0.1, 0.15) is 38.7 Å². The van der Waals surface area contributed by atoms with Gasteiger partial charge in [0.1, 0.15) is 0 Å². The molecule has 98 valence electrons. The van der Waals surface area contributed by atoms with Gasteiger partial charge in [0.25, 0.3) is 0 Å². The minimum atomic E-state index is -0.306. The first-order valence-corrected chi connectivity index (χ1v) is 6.88. The monoisotopic (exact) mass is 265 g/mol. The van der Waals surface area contributed by atoms with Crippen LogP contribution in [0.4, 0.5) is 0 Å². The Labute approximate surface area is 114 Å². The van der Waals surface area contributed by atoms with Crippen molar-refractivity contribution < 1.29 is 4.79 Å². The molecule has 0 aliphatic heterocycles. The van der Waals surface area contributed by atoms with Gasteiger partial charge >= 0.3 is 0 Å². The third-order valence-corrected chi connectivity index (χ3v) is 5.07. The molecule has 0 radical (unpaired) electrons. The Morgan fingerprint density at radius 1 is 1.44 bits per heavy atom. The predicted octanol–water partition coefficient (Wildman–Crippen LogP) is 3.59. The summed E-state index contributed by atoms with van der Waals surface area (Å²) < 4.78 is 0. The molecule has 1 saturated carbocycles. The normalized spacial score (nSPS) is 32.0. The van der Waals surface area contributed by atoms with E-state index in [1.54, 1.807) is 0 Å². The van der Waals surface area contributed by atoms with E-state index >= 15 is 0 Å². The molecule has 1 aromatic rings. The van der Waals surface area contributed by atoms with E-state index in [0.29, 0.717) is 17.8 Å². The van der Waals surface area contributed by atoms with E-state index in [4.69, 9.17) is 17.3 Å². The van der Waals surface area contributed by atoms with Gasteiger partial charge in [-0.05, 0) is 41.9 Å². The summed E-state index contributed by atoms with van der Waals surface area (Å²) in [5.41, 5.74) is 6.53. The highest BCUT2D eigenvalue weighted by Crippen LogP contribution is 2.65. The Kier molecular flexibility index (Phi) is 3.41. The van der Waals surface area contributed by atoms with Crippen LogP contribution in [-0.2, 0) is 4.79 Å². The quantitative estimate of drug-likeness (QED) is 0.888. The summed E-state index contributed by atoms with van der Waals surface area (Å²) in [5.74, 6) is 0.903. The van der Waals surface area contributed by atoms with Crippen LogP contribution in [0.3, 0.4) is 0 Å². The fourth-order valence-electron chi connectivity index (χ4n) is 3.64. The number of nitrogens with two attached hydrogens (primary N) is 1. The molecule has 18 heavy (non-hydrogen) atoms. The third kappa shape index (κ3) is 1.83. The summed E-state index contributed by atoms with van der Waals surface area (Å²) in [7, 11) is 0. The van der Waals surface area contributed by atoms with Gasteiger partial charge in [-0.1, -0.05) is 44.5 Å². The van der Waals surface area contributed by atoms with Gasteiger partial charge in [0, 0.05) is 5.02 Å². The first-order valence-electron chi connectivity index (χ1n) is 6.50. The number of hydrogen-bond acceptors (Lipinski definition) is 1. The molecule has 2 N–H and O–H groups in total. The lowest BCUT2D eigenvalue weighted by molar-refractivity contribution is -0.124. The maximum atomic E-state index is 11.7. The third-order valence-electron chi connectivity index (χ3n) is 4.82. The lowest BCUT2D eigenvalue weighted by atomic mass is 9.88. The maximum absolute atomic E-state index is 11.7. The average molecular weight is 266 g/mol. The number of benzene rings is 1. The molecule has 1 fully saturated rings. The first-order chi connectivity index (χ1) is 8.45. The molecule has 2 nitrogen and oxygen atoms in total. The van der Waals surface area contributed by atoms with Crippen molar-refractivity contribution in [2.24, 2.45) is 23.0 Å². The van der Waals surface area contributed by atoms with E-state index in [2.05, 4.69) is 20.8 Å². The maximum Gasteiger partial charge on any atom is 0.224 e. The highest BCUT2D eigenvalue weighted by molar-refractivity contribution is 6.30. The second kappa shape index (κ2) is 4.58. The number of primary amides is 1. The Morgan fingerprint density at radius 3 is 2.39 bits per heavy atom. The number of carbonyl (C=O) groups is 1. The molecular weight excluding hydrogens is 246 g/mol. The molecule has 0 saturated heterocycles. The SMILES string of the molecule is CCC1(C(N)=O)C(C)C1[C@H](C)c1ccc(Cl)cc1. The van der Waals surface area contributed by atoms with E-state index in [9.17, 15) is 4.79 Å². The van der Waals surface area contributed by atoms with Crippen LogP contribution in [0.2, 0.25) is 5.02 Å². The molecule has 1 aliphatic carbocycles. The van der Waals surface area contributed by atoms with Crippen molar-refractivity contribution in [2.75, 3.05) is 0 Å². The van der Waals surface area contributed by atoms with Crippen LogP contribution < -0.4 is 5.73 Å². The Balaban J connectivity index is 2.23. The second-order valence-corrected chi connectivity index (χ2v) is 5.85. The van der Waals surface area contributed by atoms with Gasteiger partial charge in [-0.3, -0.25) is 4.79 Å². The Bertz CT molecular complexity index is 456. The molecule has 1 aliphatic rings. The number of hydrogen-bond donors (Lipinski definition) is 1. The molecule has 3 unspecified atom stereocenters. The van der Waals surface area contributed by atoms with Crippen LogP contribution in [-0.4, -0.2) is 5.91 Å². The molecular formula is C15H20ClNO. The smallest absolute Gasteiger partial charge is 0.224 e. The molecule has 0 bridgehead atoms. The summed E-state index contributed by atoms with van der Waals surface area (Å²) in [6, 6.07) is 7.88. The van der Waals surface area contributed by atoms with Gasteiger partial charge < -0.3 is 5.73 Å². The van der Waals surface area contributed by atoms with Crippen LogP contribution in [0.15, 0.2) is 24.3 Å². The number of halogens is 1. The van der Waals surface area contributed by atoms with Gasteiger partial charge in [-0.25, -0.2) is 0 Å². The van der Waals surface area contributed by atoms with E-state index in [1.165, 1.54) is 5.56 Å². The lowest BCUT2D eigenvalue weighted by Crippen LogP contribution is -2.28. The summed E-state index contributed by atoms with van der Waals surface area (Å²) in [4.78, 5) is 11.7. The highest BCUT2D eigenvalue weighted by atomic mass is 35.5. The van der Waals surface area contributed by atoms with E-state index in [-0.39, 0.29) is 11.3 Å². The van der Waals surface area contributed by atoms with Crippen molar-refractivity contribution >= 4 is 17.5 Å². The topological polar surface area (TPSA) is 43.1 Å². The van der Waals surface area contributed by atoms with Crippen molar-refractivity contribution in [3.8, 4) is 0 Å². The molecule has 1 aromatic carbocycles. The molecule has 0 aromatic heterocycles. The zero-order valence-electron chi connectivity index (χ0n) is 11.1. The van der Waals surface area contributed by atoms with Crippen LogP contribution in [0, 0.1) is 17.3 Å². The molecule has 4 atom stereocenters. The zero-order valence-corrected chi connectivity index (χ0v) is 11.9. The van der Waals surface area contributed by atoms with Crippen molar-refractivity contribution in [1.82, 2.24) is 0 Å².